The Bertz CT molecular complexity index is 923. The van der Waals surface area contributed by atoms with Crippen molar-refractivity contribution in [1.29, 1.82) is 0 Å². The highest BCUT2D eigenvalue weighted by molar-refractivity contribution is 5.92. The van der Waals surface area contributed by atoms with Crippen LogP contribution in [0.25, 0.3) is 11.0 Å². The van der Waals surface area contributed by atoms with Crippen molar-refractivity contribution in [1.82, 2.24) is 19.9 Å². The SMILES string of the molecule is Cc1cc2c(N3CCN(C(=O)c4ccco4)CC3)nc(N(C)C)nc2[nH]1. The molecule has 0 atom stereocenters. The number of aromatic amines is 1. The van der Waals surface area contributed by atoms with E-state index in [2.05, 4.69) is 20.9 Å². The van der Waals surface area contributed by atoms with Crippen molar-refractivity contribution in [2.24, 2.45) is 0 Å². The molecule has 8 heteroatoms. The van der Waals surface area contributed by atoms with Crippen molar-refractivity contribution < 1.29 is 9.21 Å². The highest BCUT2D eigenvalue weighted by Gasteiger charge is 2.26. The van der Waals surface area contributed by atoms with Crippen LogP contribution >= 0.6 is 0 Å². The molecule has 1 N–H and O–H groups in total. The standard InChI is InChI=1S/C18H22N6O2/c1-12-11-13-15(19-12)20-18(22(2)3)21-16(13)23-6-8-24(9-7-23)17(25)14-5-4-10-26-14/h4-5,10-11H,6-9H2,1-3H3,(H,19,20,21). The fourth-order valence-corrected chi connectivity index (χ4v) is 3.23. The first kappa shape index (κ1) is 16.4. The summed E-state index contributed by atoms with van der Waals surface area (Å²) in [4.78, 5) is 31.0. The van der Waals surface area contributed by atoms with E-state index < -0.39 is 0 Å². The van der Waals surface area contributed by atoms with Gasteiger partial charge in [-0.05, 0) is 25.1 Å². The Morgan fingerprint density at radius 3 is 2.65 bits per heavy atom. The number of carbonyl (C=O) groups excluding carboxylic acids is 1. The van der Waals surface area contributed by atoms with Crippen LogP contribution < -0.4 is 9.80 Å². The maximum atomic E-state index is 12.4. The molecule has 0 aromatic carbocycles. The van der Waals surface area contributed by atoms with Crippen LogP contribution in [0.1, 0.15) is 16.2 Å². The minimum Gasteiger partial charge on any atom is -0.459 e. The molecule has 1 aliphatic heterocycles. The Kier molecular flexibility index (Phi) is 4.02. The number of fused-ring (bicyclic) bond motifs is 1. The molecule has 3 aromatic rings. The van der Waals surface area contributed by atoms with Crippen LogP contribution in [0.15, 0.2) is 28.9 Å². The van der Waals surface area contributed by atoms with E-state index in [4.69, 9.17) is 9.40 Å². The summed E-state index contributed by atoms with van der Waals surface area (Å²) in [6, 6.07) is 5.51. The molecule has 4 heterocycles. The largest absolute Gasteiger partial charge is 0.459 e. The number of H-pyrrole nitrogens is 1. The molecule has 8 nitrogen and oxygen atoms in total. The number of nitrogens with one attached hydrogen (secondary N) is 1. The van der Waals surface area contributed by atoms with Gasteiger partial charge in [0.15, 0.2) is 5.76 Å². The number of hydrogen-bond acceptors (Lipinski definition) is 6. The van der Waals surface area contributed by atoms with Crippen LogP contribution in [-0.2, 0) is 0 Å². The molecule has 26 heavy (non-hydrogen) atoms. The normalized spacial score (nSPS) is 14.9. The summed E-state index contributed by atoms with van der Waals surface area (Å²) in [5.41, 5.74) is 1.89. The highest BCUT2D eigenvalue weighted by Crippen LogP contribution is 2.27. The lowest BCUT2D eigenvalue weighted by atomic mass is 10.2. The zero-order valence-corrected chi connectivity index (χ0v) is 15.2. The Hall–Kier alpha value is -3.03. The van der Waals surface area contributed by atoms with Crippen LogP contribution in [0, 0.1) is 6.92 Å². The molecule has 1 aliphatic rings. The monoisotopic (exact) mass is 354 g/mol. The van der Waals surface area contributed by atoms with Crippen molar-refractivity contribution >= 4 is 28.7 Å². The molecule has 0 aliphatic carbocycles. The van der Waals surface area contributed by atoms with Gasteiger partial charge in [0.2, 0.25) is 5.95 Å². The van der Waals surface area contributed by atoms with Gasteiger partial charge in [-0.25, -0.2) is 0 Å². The van der Waals surface area contributed by atoms with E-state index in [1.165, 1.54) is 6.26 Å². The lowest BCUT2D eigenvalue weighted by molar-refractivity contribution is 0.0714. The Balaban J connectivity index is 1.58. The van der Waals surface area contributed by atoms with E-state index in [1.54, 1.807) is 12.1 Å². The summed E-state index contributed by atoms with van der Waals surface area (Å²) >= 11 is 0. The molecule has 0 radical (unpaired) electrons. The first-order valence-corrected chi connectivity index (χ1v) is 8.65. The maximum Gasteiger partial charge on any atom is 0.289 e. The van der Waals surface area contributed by atoms with Gasteiger partial charge in [0.25, 0.3) is 5.91 Å². The third kappa shape index (κ3) is 2.87. The molecule has 0 saturated carbocycles. The first-order valence-electron chi connectivity index (χ1n) is 8.65. The lowest BCUT2D eigenvalue weighted by Gasteiger charge is -2.35. The van der Waals surface area contributed by atoms with Crippen molar-refractivity contribution in [2.75, 3.05) is 50.1 Å². The van der Waals surface area contributed by atoms with E-state index in [9.17, 15) is 4.79 Å². The molecule has 3 aromatic heterocycles. The number of rotatable bonds is 3. The molecule has 1 fully saturated rings. The van der Waals surface area contributed by atoms with Gasteiger partial charge in [0.1, 0.15) is 11.5 Å². The number of aromatic nitrogens is 3. The van der Waals surface area contributed by atoms with Gasteiger partial charge in [-0.2, -0.15) is 9.97 Å². The number of anilines is 2. The number of nitrogens with zero attached hydrogens (tertiary/aromatic N) is 5. The average molecular weight is 354 g/mol. The zero-order valence-electron chi connectivity index (χ0n) is 15.2. The number of carbonyl (C=O) groups is 1. The average Bonchev–Trinajstić information content (AvgIpc) is 3.29. The number of amides is 1. The quantitative estimate of drug-likeness (QED) is 0.773. The van der Waals surface area contributed by atoms with Crippen molar-refractivity contribution in [3.63, 3.8) is 0 Å². The van der Waals surface area contributed by atoms with Gasteiger partial charge in [-0.15, -0.1) is 0 Å². The van der Waals surface area contributed by atoms with Crippen LogP contribution in [0.3, 0.4) is 0 Å². The van der Waals surface area contributed by atoms with Crippen LogP contribution in [-0.4, -0.2) is 66.0 Å². The third-order valence-electron chi connectivity index (χ3n) is 4.59. The third-order valence-corrected chi connectivity index (χ3v) is 4.59. The first-order chi connectivity index (χ1) is 12.5. The second-order valence-electron chi connectivity index (χ2n) is 6.71. The molecule has 0 bridgehead atoms. The van der Waals surface area contributed by atoms with Crippen molar-refractivity contribution in [3.8, 4) is 0 Å². The fourth-order valence-electron chi connectivity index (χ4n) is 3.23. The number of furan rings is 1. The van der Waals surface area contributed by atoms with E-state index >= 15 is 0 Å². The Morgan fingerprint density at radius 1 is 1.23 bits per heavy atom. The fraction of sp³-hybridized carbons (Fsp3) is 0.389. The van der Waals surface area contributed by atoms with Crippen LogP contribution in [0.2, 0.25) is 0 Å². The van der Waals surface area contributed by atoms with E-state index in [0.717, 1.165) is 35.6 Å². The van der Waals surface area contributed by atoms with E-state index in [1.807, 2.05) is 30.8 Å². The van der Waals surface area contributed by atoms with E-state index in [-0.39, 0.29) is 5.91 Å². The van der Waals surface area contributed by atoms with Gasteiger partial charge in [-0.3, -0.25) is 4.79 Å². The predicted molar refractivity (Wildman–Crippen MR) is 99.8 cm³/mol. The van der Waals surface area contributed by atoms with E-state index in [0.29, 0.717) is 24.8 Å². The molecular formula is C18H22N6O2. The van der Waals surface area contributed by atoms with Crippen molar-refractivity contribution in [2.45, 2.75) is 6.92 Å². The molecule has 136 valence electrons. The second kappa shape index (κ2) is 6.36. The Labute approximate surface area is 151 Å². The van der Waals surface area contributed by atoms with Crippen LogP contribution in [0.5, 0.6) is 0 Å². The van der Waals surface area contributed by atoms with Crippen LogP contribution in [0.4, 0.5) is 11.8 Å². The topological polar surface area (TPSA) is 81.5 Å². The lowest BCUT2D eigenvalue weighted by Crippen LogP contribution is -2.49. The summed E-state index contributed by atoms with van der Waals surface area (Å²) in [6.45, 7) is 4.71. The summed E-state index contributed by atoms with van der Waals surface area (Å²) in [5, 5.41) is 1.01. The summed E-state index contributed by atoms with van der Waals surface area (Å²) in [5.74, 6) is 1.91. The molecular weight excluding hydrogens is 332 g/mol. The van der Waals surface area contributed by atoms with Gasteiger partial charge in [0.05, 0.1) is 11.6 Å². The van der Waals surface area contributed by atoms with Gasteiger partial charge in [-0.1, -0.05) is 0 Å². The molecule has 4 rings (SSSR count). The molecule has 1 saturated heterocycles. The van der Waals surface area contributed by atoms with Gasteiger partial charge < -0.3 is 24.1 Å². The van der Waals surface area contributed by atoms with Crippen molar-refractivity contribution in [3.05, 3.63) is 35.9 Å². The number of aryl methyl sites for hydroxylation is 1. The highest BCUT2D eigenvalue weighted by atomic mass is 16.3. The number of hydrogen-bond donors (Lipinski definition) is 1. The van der Waals surface area contributed by atoms with Gasteiger partial charge in [0, 0.05) is 46.0 Å². The smallest absolute Gasteiger partial charge is 0.289 e. The minimum absolute atomic E-state index is 0.0612. The zero-order chi connectivity index (χ0) is 18.3. The molecule has 1 amide bonds. The molecule has 0 spiro atoms. The maximum absolute atomic E-state index is 12.4. The second-order valence-corrected chi connectivity index (χ2v) is 6.71. The summed E-state index contributed by atoms with van der Waals surface area (Å²) in [7, 11) is 3.86. The number of piperazine rings is 1. The predicted octanol–water partition coefficient (Wildman–Crippen LogP) is 1.89. The summed E-state index contributed by atoms with van der Waals surface area (Å²) in [6.07, 6.45) is 1.53. The Morgan fingerprint density at radius 2 is 2.00 bits per heavy atom. The minimum atomic E-state index is -0.0612. The van der Waals surface area contributed by atoms with Gasteiger partial charge >= 0.3 is 0 Å². The summed E-state index contributed by atoms with van der Waals surface area (Å²) < 4.78 is 5.23. The molecule has 0 unspecified atom stereocenters.